The fourth-order valence-electron chi connectivity index (χ4n) is 1.73. The van der Waals surface area contributed by atoms with Gasteiger partial charge in [0.15, 0.2) is 0 Å². The van der Waals surface area contributed by atoms with Crippen molar-refractivity contribution < 1.29 is 9.84 Å². The minimum absolute atomic E-state index is 0.0456. The van der Waals surface area contributed by atoms with E-state index < -0.39 is 0 Å². The van der Waals surface area contributed by atoms with Crippen molar-refractivity contribution in [1.82, 2.24) is 4.98 Å². The summed E-state index contributed by atoms with van der Waals surface area (Å²) in [6.45, 7) is 0.0456. The standard InChI is InChI=1S/C14H14Cl2N2O2/c1-17-13-10(15)8-11(16)14(18-13)20-12-5-3-2-4-9(12)6-7-19/h2-5,8,19H,6-7H2,1H3,(H,17,18). The monoisotopic (exact) mass is 312 g/mol. The van der Waals surface area contributed by atoms with Crippen LogP contribution in [-0.2, 0) is 6.42 Å². The van der Waals surface area contributed by atoms with Crippen molar-refractivity contribution in [2.24, 2.45) is 0 Å². The largest absolute Gasteiger partial charge is 0.437 e. The van der Waals surface area contributed by atoms with E-state index in [0.29, 0.717) is 28.0 Å². The molecule has 0 aliphatic rings. The van der Waals surface area contributed by atoms with E-state index in [-0.39, 0.29) is 12.5 Å². The number of aromatic nitrogens is 1. The molecule has 2 rings (SSSR count). The number of nitrogens with one attached hydrogen (secondary N) is 1. The number of rotatable bonds is 5. The van der Waals surface area contributed by atoms with Gasteiger partial charge in [-0.25, -0.2) is 0 Å². The van der Waals surface area contributed by atoms with Gasteiger partial charge in [0.2, 0.25) is 5.88 Å². The fourth-order valence-corrected chi connectivity index (χ4v) is 2.22. The molecule has 0 atom stereocenters. The zero-order valence-corrected chi connectivity index (χ0v) is 12.4. The lowest BCUT2D eigenvalue weighted by Crippen LogP contribution is -1.99. The molecule has 2 N–H and O–H groups in total. The van der Waals surface area contributed by atoms with E-state index in [1.807, 2.05) is 18.2 Å². The van der Waals surface area contributed by atoms with Crippen LogP contribution in [0.1, 0.15) is 5.56 Å². The highest BCUT2D eigenvalue weighted by atomic mass is 35.5. The number of pyridine rings is 1. The number of aliphatic hydroxyl groups is 1. The summed E-state index contributed by atoms with van der Waals surface area (Å²) in [5.74, 6) is 1.37. The van der Waals surface area contributed by atoms with Gasteiger partial charge < -0.3 is 15.2 Å². The molecule has 0 radical (unpaired) electrons. The Hall–Kier alpha value is -1.49. The Morgan fingerprint density at radius 3 is 2.70 bits per heavy atom. The lowest BCUT2D eigenvalue weighted by molar-refractivity contribution is 0.297. The highest BCUT2D eigenvalue weighted by Crippen LogP contribution is 2.34. The number of para-hydroxylation sites is 1. The summed E-state index contributed by atoms with van der Waals surface area (Å²) in [6.07, 6.45) is 0.500. The quantitative estimate of drug-likeness (QED) is 0.882. The van der Waals surface area contributed by atoms with Crippen LogP contribution in [0, 0.1) is 0 Å². The van der Waals surface area contributed by atoms with Gasteiger partial charge in [-0.15, -0.1) is 0 Å². The molecule has 0 aliphatic carbocycles. The smallest absolute Gasteiger partial charge is 0.240 e. The molecule has 106 valence electrons. The van der Waals surface area contributed by atoms with Crippen molar-refractivity contribution in [2.75, 3.05) is 19.0 Å². The zero-order chi connectivity index (χ0) is 14.5. The highest BCUT2D eigenvalue weighted by molar-refractivity contribution is 6.36. The summed E-state index contributed by atoms with van der Waals surface area (Å²) < 4.78 is 5.74. The van der Waals surface area contributed by atoms with E-state index >= 15 is 0 Å². The van der Waals surface area contributed by atoms with Crippen LogP contribution in [0.3, 0.4) is 0 Å². The highest BCUT2D eigenvalue weighted by Gasteiger charge is 2.12. The molecule has 4 nitrogen and oxygen atoms in total. The van der Waals surface area contributed by atoms with Crippen molar-refractivity contribution in [3.8, 4) is 11.6 Å². The second-order valence-electron chi connectivity index (χ2n) is 4.04. The summed E-state index contributed by atoms with van der Waals surface area (Å²) in [5, 5.41) is 12.7. The van der Waals surface area contributed by atoms with E-state index in [4.69, 9.17) is 33.0 Å². The number of nitrogens with zero attached hydrogens (tertiary/aromatic N) is 1. The molecule has 0 saturated heterocycles. The van der Waals surface area contributed by atoms with Gasteiger partial charge in [-0.2, -0.15) is 4.98 Å². The molecule has 0 saturated carbocycles. The maximum absolute atomic E-state index is 9.06. The molecule has 0 fully saturated rings. The molecule has 1 aromatic carbocycles. The molecule has 20 heavy (non-hydrogen) atoms. The second kappa shape index (κ2) is 6.79. The molecule has 0 spiro atoms. The minimum Gasteiger partial charge on any atom is -0.437 e. The van der Waals surface area contributed by atoms with Crippen molar-refractivity contribution in [1.29, 1.82) is 0 Å². The molecular formula is C14H14Cl2N2O2. The van der Waals surface area contributed by atoms with Crippen LogP contribution in [-0.4, -0.2) is 23.7 Å². The molecule has 0 amide bonds. The Balaban J connectivity index is 2.35. The predicted octanol–water partition coefficient (Wildman–Crippen LogP) is 3.76. The molecule has 6 heteroatoms. The summed E-state index contributed by atoms with van der Waals surface area (Å²) in [4.78, 5) is 4.23. The first-order valence-corrected chi connectivity index (χ1v) is 6.81. The average molecular weight is 313 g/mol. The van der Waals surface area contributed by atoms with Gasteiger partial charge >= 0.3 is 0 Å². The molecule has 2 aromatic rings. The lowest BCUT2D eigenvalue weighted by Gasteiger charge is -2.12. The Morgan fingerprint density at radius 1 is 1.25 bits per heavy atom. The van der Waals surface area contributed by atoms with Gasteiger partial charge in [0, 0.05) is 13.7 Å². The van der Waals surface area contributed by atoms with Crippen LogP contribution in [0.15, 0.2) is 30.3 Å². The number of hydrogen-bond donors (Lipinski definition) is 2. The van der Waals surface area contributed by atoms with Crippen molar-refractivity contribution in [3.05, 3.63) is 45.9 Å². The Labute approximate surface area is 127 Å². The topological polar surface area (TPSA) is 54.4 Å². The summed E-state index contributed by atoms with van der Waals surface area (Å²) in [6, 6.07) is 8.99. The summed E-state index contributed by atoms with van der Waals surface area (Å²) in [7, 11) is 1.71. The summed E-state index contributed by atoms with van der Waals surface area (Å²) >= 11 is 12.1. The SMILES string of the molecule is CNc1nc(Oc2ccccc2CCO)c(Cl)cc1Cl. The molecular weight excluding hydrogens is 299 g/mol. The van der Waals surface area contributed by atoms with E-state index in [0.717, 1.165) is 5.56 Å². The number of aliphatic hydroxyl groups excluding tert-OH is 1. The molecule has 1 aromatic heterocycles. The normalized spacial score (nSPS) is 10.4. The third-order valence-corrected chi connectivity index (χ3v) is 3.25. The van der Waals surface area contributed by atoms with Gasteiger partial charge in [0.1, 0.15) is 16.6 Å². The van der Waals surface area contributed by atoms with Gasteiger partial charge in [0.05, 0.1) is 5.02 Å². The lowest BCUT2D eigenvalue weighted by atomic mass is 10.1. The van der Waals surface area contributed by atoms with Crippen LogP contribution < -0.4 is 10.1 Å². The van der Waals surface area contributed by atoms with Crippen molar-refractivity contribution >= 4 is 29.0 Å². The van der Waals surface area contributed by atoms with Crippen LogP contribution in [0.2, 0.25) is 10.0 Å². The van der Waals surface area contributed by atoms with Gasteiger partial charge in [-0.05, 0) is 24.1 Å². The first-order valence-electron chi connectivity index (χ1n) is 6.06. The molecule has 1 heterocycles. The maximum Gasteiger partial charge on any atom is 0.240 e. The third kappa shape index (κ3) is 3.33. The Morgan fingerprint density at radius 2 is 2.00 bits per heavy atom. The van der Waals surface area contributed by atoms with E-state index in [2.05, 4.69) is 10.3 Å². The van der Waals surface area contributed by atoms with E-state index in [1.54, 1.807) is 19.2 Å². The molecule has 0 unspecified atom stereocenters. The van der Waals surface area contributed by atoms with Gasteiger partial charge in [0.25, 0.3) is 0 Å². The van der Waals surface area contributed by atoms with E-state index in [9.17, 15) is 0 Å². The number of hydrogen-bond acceptors (Lipinski definition) is 4. The Kier molecular flexibility index (Phi) is 5.06. The second-order valence-corrected chi connectivity index (χ2v) is 4.85. The fraction of sp³-hybridized carbons (Fsp3) is 0.214. The van der Waals surface area contributed by atoms with Gasteiger partial charge in [-0.3, -0.25) is 0 Å². The van der Waals surface area contributed by atoms with E-state index in [1.165, 1.54) is 0 Å². The van der Waals surface area contributed by atoms with Crippen LogP contribution in [0.5, 0.6) is 11.6 Å². The predicted molar refractivity (Wildman–Crippen MR) is 81.1 cm³/mol. The molecule has 0 bridgehead atoms. The number of ether oxygens (including phenoxy) is 1. The molecule has 0 aliphatic heterocycles. The first kappa shape index (κ1) is 14.9. The minimum atomic E-state index is 0.0456. The van der Waals surface area contributed by atoms with Crippen LogP contribution >= 0.6 is 23.2 Å². The first-order chi connectivity index (χ1) is 9.65. The number of anilines is 1. The van der Waals surface area contributed by atoms with Crippen molar-refractivity contribution in [2.45, 2.75) is 6.42 Å². The third-order valence-electron chi connectivity index (χ3n) is 2.69. The number of benzene rings is 1. The number of halogens is 2. The van der Waals surface area contributed by atoms with Crippen LogP contribution in [0.25, 0.3) is 0 Å². The van der Waals surface area contributed by atoms with Gasteiger partial charge in [-0.1, -0.05) is 41.4 Å². The van der Waals surface area contributed by atoms with Crippen molar-refractivity contribution in [3.63, 3.8) is 0 Å². The summed E-state index contributed by atoms with van der Waals surface area (Å²) in [5.41, 5.74) is 0.883. The average Bonchev–Trinajstić information content (AvgIpc) is 2.44. The zero-order valence-electron chi connectivity index (χ0n) is 10.9. The maximum atomic E-state index is 9.06. The Bertz CT molecular complexity index is 606. The van der Waals surface area contributed by atoms with Crippen LogP contribution in [0.4, 0.5) is 5.82 Å².